The van der Waals surface area contributed by atoms with Crippen molar-refractivity contribution in [3.05, 3.63) is 35.3 Å². The molecule has 0 fully saturated rings. The van der Waals surface area contributed by atoms with Gasteiger partial charge in [0.15, 0.2) is 0 Å². The zero-order valence-electron chi connectivity index (χ0n) is 9.56. The van der Waals surface area contributed by atoms with Crippen LogP contribution in [0.4, 0.5) is 0 Å². The van der Waals surface area contributed by atoms with E-state index >= 15 is 0 Å². The Labute approximate surface area is 105 Å². The van der Waals surface area contributed by atoms with Crippen LogP contribution in [0, 0.1) is 0 Å². The summed E-state index contributed by atoms with van der Waals surface area (Å²) in [7, 11) is 0. The molecule has 1 nitrogen and oxygen atoms in total. The number of thiazole rings is 1. The Morgan fingerprint density at radius 3 is 2.62 bits per heavy atom. The summed E-state index contributed by atoms with van der Waals surface area (Å²) in [6, 6.07) is 8.61. The van der Waals surface area contributed by atoms with E-state index in [1.807, 2.05) is 0 Å². The van der Waals surface area contributed by atoms with Crippen molar-refractivity contribution in [3.63, 3.8) is 0 Å². The van der Waals surface area contributed by atoms with Crippen molar-refractivity contribution in [2.45, 2.75) is 24.7 Å². The van der Waals surface area contributed by atoms with Crippen molar-refractivity contribution in [2.24, 2.45) is 0 Å². The Kier molecular flexibility index (Phi) is 4.02. The second-order valence-corrected chi connectivity index (χ2v) is 5.36. The minimum atomic E-state index is 1.08. The monoisotopic (exact) mass is 249 g/mol. The van der Waals surface area contributed by atoms with E-state index in [4.69, 9.17) is 0 Å². The minimum Gasteiger partial charge on any atom is -0.241 e. The van der Waals surface area contributed by atoms with Crippen LogP contribution in [-0.4, -0.2) is 11.2 Å². The molecule has 0 unspecified atom stereocenters. The van der Waals surface area contributed by atoms with E-state index in [0.717, 1.165) is 17.8 Å². The van der Waals surface area contributed by atoms with Crippen molar-refractivity contribution >= 4 is 23.1 Å². The quantitative estimate of drug-likeness (QED) is 0.741. The molecule has 0 N–H and O–H groups in total. The van der Waals surface area contributed by atoms with Gasteiger partial charge in [-0.3, -0.25) is 0 Å². The molecule has 0 bridgehead atoms. The number of aromatic nitrogens is 1. The van der Waals surface area contributed by atoms with Crippen LogP contribution in [0.1, 0.15) is 19.0 Å². The highest BCUT2D eigenvalue weighted by Gasteiger charge is 2.03. The molecule has 0 aliphatic heterocycles. The van der Waals surface area contributed by atoms with Crippen molar-refractivity contribution < 1.29 is 0 Å². The Morgan fingerprint density at radius 2 is 2.00 bits per heavy atom. The summed E-state index contributed by atoms with van der Waals surface area (Å²) in [6.45, 7) is 2.19. The fourth-order valence-corrected chi connectivity index (χ4v) is 2.81. The molecular formula is C13H15NS2. The lowest BCUT2D eigenvalue weighted by atomic mass is 10.2. The van der Waals surface area contributed by atoms with Gasteiger partial charge in [0.2, 0.25) is 0 Å². The van der Waals surface area contributed by atoms with Gasteiger partial charge in [0.25, 0.3) is 0 Å². The lowest BCUT2D eigenvalue weighted by Crippen LogP contribution is -1.83. The summed E-state index contributed by atoms with van der Waals surface area (Å²) in [5, 5.41) is 3.30. The van der Waals surface area contributed by atoms with Gasteiger partial charge in [0.05, 0.1) is 5.69 Å². The second-order valence-electron chi connectivity index (χ2n) is 3.62. The smallest absolute Gasteiger partial charge is 0.123 e. The van der Waals surface area contributed by atoms with Crippen molar-refractivity contribution in [1.82, 2.24) is 4.98 Å². The maximum Gasteiger partial charge on any atom is 0.123 e. The molecule has 0 atom stereocenters. The highest BCUT2D eigenvalue weighted by Crippen LogP contribution is 2.26. The molecule has 0 aliphatic carbocycles. The number of aryl methyl sites for hydroxylation is 1. The molecule has 16 heavy (non-hydrogen) atoms. The van der Waals surface area contributed by atoms with Gasteiger partial charge in [-0.05, 0) is 24.8 Å². The summed E-state index contributed by atoms with van der Waals surface area (Å²) in [6.07, 6.45) is 4.34. The molecule has 0 saturated heterocycles. The normalized spacial score (nSPS) is 10.6. The second kappa shape index (κ2) is 5.51. The first-order valence-corrected chi connectivity index (χ1v) is 7.52. The lowest BCUT2D eigenvalue weighted by Gasteiger charge is -1.98. The fraction of sp³-hybridized carbons (Fsp3) is 0.308. The zero-order valence-corrected chi connectivity index (χ0v) is 11.2. The molecule has 84 valence electrons. The maximum absolute atomic E-state index is 4.64. The fourth-order valence-electron chi connectivity index (χ4n) is 1.54. The Bertz CT molecular complexity index is 445. The van der Waals surface area contributed by atoms with E-state index in [1.54, 1.807) is 23.1 Å². The minimum absolute atomic E-state index is 1.08. The first-order valence-electron chi connectivity index (χ1n) is 5.42. The van der Waals surface area contributed by atoms with Crippen LogP contribution in [0.3, 0.4) is 0 Å². The van der Waals surface area contributed by atoms with E-state index in [9.17, 15) is 0 Å². The van der Waals surface area contributed by atoms with Crippen molar-refractivity contribution in [3.8, 4) is 10.6 Å². The molecule has 0 amide bonds. The van der Waals surface area contributed by atoms with E-state index in [-0.39, 0.29) is 0 Å². The van der Waals surface area contributed by atoms with E-state index in [0.29, 0.717) is 0 Å². The van der Waals surface area contributed by atoms with Gasteiger partial charge >= 0.3 is 0 Å². The largest absolute Gasteiger partial charge is 0.241 e. The molecule has 0 aliphatic rings. The Balaban J connectivity index is 2.21. The highest BCUT2D eigenvalue weighted by atomic mass is 32.2. The molecule has 1 aromatic heterocycles. The van der Waals surface area contributed by atoms with E-state index in [2.05, 4.69) is 47.8 Å². The maximum atomic E-state index is 4.64. The highest BCUT2D eigenvalue weighted by molar-refractivity contribution is 7.98. The number of hydrogen-bond donors (Lipinski definition) is 0. The number of hydrogen-bond acceptors (Lipinski definition) is 3. The lowest BCUT2D eigenvalue weighted by molar-refractivity contribution is 0.893. The van der Waals surface area contributed by atoms with Gasteiger partial charge in [-0.2, -0.15) is 0 Å². The van der Waals surface area contributed by atoms with Crippen LogP contribution in [0.25, 0.3) is 10.6 Å². The van der Waals surface area contributed by atoms with Gasteiger partial charge in [0.1, 0.15) is 5.01 Å². The average Bonchev–Trinajstić information content (AvgIpc) is 2.78. The molecule has 2 aromatic rings. The predicted molar refractivity (Wildman–Crippen MR) is 73.3 cm³/mol. The van der Waals surface area contributed by atoms with Crippen LogP contribution in [0.2, 0.25) is 0 Å². The van der Waals surface area contributed by atoms with Gasteiger partial charge in [-0.15, -0.1) is 23.1 Å². The summed E-state index contributed by atoms with van der Waals surface area (Å²) < 4.78 is 0. The summed E-state index contributed by atoms with van der Waals surface area (Å²) >= 11 is 3.51. The zero-order chi connectivity index (χ0) is 11.4. The van der Waals surface area contributed by atoms with Gasteiger partial charge < -0.3 is 0 Å². The van der Waals surface area contributed by atoms with Gasteiger partial charge in [0, 0.05) is 15.8 Å². The molecule has 3 heteroatoms. The van der Waals surface area contributed by atoms with Gasteiger partial charge in [-0.1, -0.05) is 25.5 Å². The van der Waals surface area contributed by atoms with Crippen LogP contribution >= 0.6 is 23.1 Å². The van der Waals surface area contributed by atoms with E-state index < -0.39 is 0 Å². The van der Waals surface area contributed by atoms with Crippen molar-refractivity contribution in [1.29, 1.82) is 0 Å². The van der Waals surface area contributed by atoms with Crippen LogP contribution < -0.4 is 0 Å². The van der Waals surface area contributed by atoms with Crippen LogP contribution in [0.5, 0.6) is 0 Å². The Morgan fingerprint density at radius 1 is 1.25 bits per heavy atom. The molecular weight excluding hydrogens is 234 g/mol. The molecule has 2 rings (SSSR count). The molecule has 0 saturated carbocycles. The summed E-state index contributed by atoms with van der Waals surface area (Å²) in [5.74, 6) is 0. The Hall–Kier alpha value is -0.800. The van der Waals surface area contributed by atoms with Crippen LogP contribution in [0.15, 0.2) is 34.5 Å². The third kappa shape index (κ3) is 2.66. The van der Waals surface area contributed by atoms with Crippen molar-refractivity contribution in [2.75, 3.05) is 6.26 Å². The summed E-state index contributed by atoms with van der Waals surface area (Å²) in [5.41, 5.74) is 2.45. The topological polar surface area (TPSA) is 12.9 Å². The molecule has 0 radical (unpaired) electrons. The molecule has 1 aromatic carbocycles. The van der Waals surface area contributed by atoms with E-state index in [1.165, 1.54) is 16.2 Å². The number of benzene rings is 1. The first kappa shape index (κ1) is 11.7. The third-order valence-corrected chi connectivity index (χ3v) is 4.08. The first-order chi connectivity index (χ1) is 7.83. The summed E-state index contributed by atoms with van der Waals surface area (Å²) in [4.78, 5) is 5.94. The SMILES string of the molecule is CCCc1csc(-c2ccc(SC)cc2)n1. The average molecular weight is 249 g/mol. The predicted octanol–water partition coefficient (Wildman–Crippen LogP) is 4.48. The third-order valence-electron chi connectivity index (χ3n) is 2.39. The molecule has 1 heterocycles. The number of nitrogens with zero attached hydrogens (tertiary/aromatic N) is 1. The molecule has 0 spiro atoms. The number of thioether (sulfide) groups is 1. The van der Waals surface area contributed by atoms with Gasteiger partial charge in [-0.25, -0.2) is 4.98 Å². The van der Waals surface area contributed by atoms with Crippen LogP contribution in [-0.2, 0) is 6.42 Å². The standard InChI is InChI=1S/C13H15NS2/c1-3-4-11-9-16-13(14-11)10-5-7-12(15-2)8-6-10/h5-9H,3-4H2,1-2H3. The number of rotatable bonds is 4.